The van der Waals surface area contributed by atoms with Crippen molar-refractivity contribution in [3.63, 3.8) is 0 Å². The second-order valence-corrected chi connectivity index (χ2v) is 6.93. The van der Waals surface area contributed by atoms with E-state index in [2.05, 4.69) is 0 Å². The lowest BCUT2D eigenvalue weighted by atomic mass is 9.87. The second-order valence-electron chi connectivity index (χ2n) is 4.05. The van der Waals surface area contributed by atoms with E-state index in [0.29, 0.717) is 11.7 Å². The van der Waals surface area contributed by atoms with Crippen LogP contribution < -0.4 is 0 Å². The van der Waals surface area contributed by atoms with Gasteiger partial charge in [-0.3, -0.25) is 0 Å². The molecule has 0 radical (unpaired) electrons. The van der Waals surface area contributed by atoms with Gasteiger partial charge in [0.2, 0.25) is 0 Å². The Hall–Kier alpha value is 0.240. The Bertz CT molecular complexity index is 248. The Balaban J connectivity index is 2.29. The lowest BCUT2D eigenvalue weighted by Crippen LogP contribution is -2.18. The molecule has 1 fully saturated rings. The van der Waals surface area contributed by atoms with Gasteiger partial charge in [-0.2, -0.15) is 0 Å². The van der Waals surface area contributed by atoms with E-state index in [1.54, 1.807) is 0 Å². The molecule has 0 amide bonds. The molecule has 0 N–H and O–H groups in total. The fourth-order valence-corrected chi connectivity index (χ4v) is 3.04. The van der Waals surface area contributed by atoms with Gasteiger partial charge in [-0.1, -0.05) is 12.8 Å². The normalized spacial score (nSPS) is 30.3. The van der Waals surface area contributed by atoms with Crippen molar-refractivity contribution in [3.8, 4) is 0 Å². The summed E-state index contributed by atoms with van der Waals surface area (Å²) in [6.45, 7) is 0. The van der Waals surface area contributed by atoms with Crippen LogP contribution in [0.3, 0.4) is 0 Å². The number of hydrogen-bond donors (Lipinski definition) is 0. The van der Waals surface area contributed by atoms with Gasteiger partial charge in [-0.15, -0.1) is 11.6 Å². The van der Waals surface area contributed by atoms with Gasteiger partial charge < -0.3 is 0 Å². The highest BCUT2D eigenvalue weighted by atomic mass is 35.5. The molecule has 1 rings (SSSR count). The second kappa shape index (κ2) is 4.65. The van der Waals surface area contributed by atoms with E-state index in [9.17, 15) is 8.42 Å². The molecule has 2 nitrogen and oxygen atoms in total. The monoisotopic (exact) mass is 224 g/mol. The first kappa shape index (κ1) is 11.3. The lowest BCUT2D eigenvalue weighted by molar-refractivity contribution is 0.354. The summed E-state index contributed by atoms with van der Waals surface area (Å²) in [7, 11) is -2.78. The fraction of sp³-hybridized carbons (Fsp3) is 1.00. The van der Waals surface area contributed by atoms with E-state index in [1.807, 2.05) is 0 Å². The van der Waals surface area contributed by atoms with Crippen LogP contribution in [0, 0.1) is 5.92 Å². The minimum atomic E-state index is -2.78. The summed E-state index contributed by atoms with van der Waals surface area (Å²) in [5.74, 6) is 0.854. The summed E-state index contributed by atoms with van der Waals surface area (Å²) >= 11 is 6.01. The minimum Gasteiger partial charge on any atom is -0.229 e. The molecular weight excluding hydrogens is 208 g/mol. The number of rotatable bonds is 3. The van der Waals surface area contributed by atoms with E-state index in [0.717, 1.165) is 32.1 Å². The van der Waals surface area contributed by atoms with Crippen molar-refractivity contribution in [2.45, 2.75) is 37.5 Å². The minimum absolute atomic E-state index is 0.276. The average molecular weight is 225 g/mol. The largest absolute Gasteiger partial charge is 0.229 e. The van der Waals surface area contributed by atoms with Gasteiger partial charge in [0.05, 0.1) is 5.75 Å². The third kappa shape index (κ3) is 4.87. The fourth-order valence-electron chi connectivity index (χ4n) is 1.87. The van der Waals surface area contributed by atoms with Crippen LogP contribution >= 0.6 is 11.6 Å². The van der Waals surface area contributed by atoms with Gasteiger partial charge in [-0.25, -0.2) is 8.42 Å². The zero-order chi connectivity index (χ0) is 9.90. The van der Waals surface area contributed by atoms with Crippen LogP contribution in [0.15, 0.2) is 0 Å². The van der Waals surface area contributed by atoms with Crippen molar-refractivity contribution in [2.24, 2.45) is 5.92 Å². The van der Waals surface area contributed by atoms with Crippen molar-refractivity contribution in [3.05, 3.63) is 0 Å². The Kier molecular flexibility index (Phi) is 4.05. The standard InChI is InChI=1S/C9H17ClO2S/c1-13(11,12)6-5-8-3-2-4-9(10)7-8/h8-9H,2-7H2,1H3. The number of sulfone groups is 1. The first-order valence-electron chi connectivity index (χ1n) is 4.79. The highest BCUT2D eigenvalue weighted by Gasteiger charge is 2.20. The zero-order valence-corrected chi connectivity index (χ0v) is 9.57. The molecule has 0 saturated heterocycles. The van der Waals surface area contributed by atoms with Crippen molar-refractivity contribution >= 4 is 21.4 Å². The van der Waals surface area contributed by atoms with Gasteiger partial charge in [0.25, 0.3) is 0 Å². The highest BCUT2D eigenvalue weighted by molar-refractivity contribution is 7.90. The Morgan fingerprint density at radius 3 is 2.62 bits per heavy atom. The van der Waals surface area contributed by atoms with Gasteiger partial charge in [0.15, 0.2) is 0 Å². The van der Waals surface area contributed by atoms with Crippen LogP contribution in [0.2, 0.25) is 0 Å². The van der Waals surface area contributed by atoms with Gasteiger partial charge in [0.1, 0.15) is 9.84 Å². The molecule has 0 aromatic heterocycles. The SMILES string of the molecule is CS(=O)(=O)CCC1CCCC(Cl)C1. The first-order chi connectivity index (χ1) is 5.97. The first-order valence-corrected chi connectivity index (χ1v) is 7.29. The highest BCUT2D eigenvalue weighted by Crippen LogP contribution is 2.30. The van der Waals surface area contributed by atoms with Crippen LogP contribution in [0.4, 0.5) is 0 Å². The van der Waals surface area contributed by atoms with Crippen LogP contribution in [0.5, 0.6) is 0 Å². The molecule has 78 valence electrons. The summed E-state index contributed by atoms with van der Waals surface area (Å²) in [6, 6.07) is 0. The molecule has 0 heterocycles. The Morgan fingerprint density at radius 2 is 2.08 bits per heavy atom. The van der Waals surface area contributed by atoms with Crippen LogP contribution in [-0.4, -0.2) is 25.8 Å². The quantitative estimate of drug-likeness (QED) is 0.689. The van der Waals surface area contributed by atoms with E-state index in [1.165, 1.54) is 6.26 Å². The molecular formula is C9H17ClO2S. The number of hydrogen-bond acceptors (Lipinski definition) is 2. The number of alkyl halides is 1. The lowest BCUT2D eigenvalue weighted by Gasteiger charge is -2.24. The van der Waals surface area contributed by atoms with E-state index in [4.69, 9.17) is 11.6 Å². The van der Waals surface area contributed by atoms with E-state index < -0.39 is 9.84 Å². The van der Waals surface area contributed by atoms with Gasteiger partial charge in [0, 0.05) is 11.6 Å². The summed E-state index contributed by atoms with van der Waals surface area (Å²) in [6.07, 6.45) is 6.49. The smallest absolute Gasteiger partial charge is 0.147 e. The molecule has 0 bridgehead atoms. The third-order valence-corrected chi connectivity index (χ3v) is 3.99. The van der Waals surface area contributed by atoms with E-state index in [-0.39, 0.29) is 5.38 Å². The van der Waals surface area contributed by atoms with Crippen molar-refractivity contribution in [1.29, 1.82) is 0 Å². The third-order valence-electron chi connectivity index (χ3n) is 2.62. The Morgan fingerprint density at radius 1 is 1.38 bits per heavy atom. The average Bonchev–Trinajstić information content (AvgIpc) is 2.00. The molecule has 13 heavy (non-hydrogen) atoms. The summed E-state index contributed by atoms with van der Waals surface area (Å²) < 4.78 is 21.8. The molecule has 1 aliphatic carbocycles. The maximum Gasteiger partial charge on any atom is 0.147 e. The maximum absolute atomic E-state index is 10.9. The van der Waals surface area contributed by atoms with E-state index >= 15 is 0 Å². The summed E-state index contributed by atoms with van der Waals surface area (Å²) in [5, 5.41) is 0.276. The molecule has 2 unspecified atom stereocenters. The van der Waals surface area contributed by atoms with Crippen molar-refractivity contribution in [2.75, 3.05) is 12.0 Å². The molecule has 0 aromatic carbocycles. The van der Waals surface area contributed by atoms with Gasteiger partial charge in [-0.05, 0) is 25.2 Å². The van der Waals surface area contributed by atoms with Crippen LogP contribution in [0.1, 0.15) is 32.1 Å². The topological polar surface area (TPSA) is 34.1 Å². The molecule has 0 spiro atoms. The molecule has 0 aromatic rings. The zero-order valence-electron chi connectivity index (χ0n) is 8.00. The summed E-state index contributed by atoms with van der Waals surface area (Å²) in [5.41, 5.74) is 0. The van der Waals surface area contributed by atoms with Crippen LogP contribution in [-0.2, 0) is 9.84 Å². The van der Waals surface area contributed by atoms with Crippen molar-refractivity contribution in [1.82, 2.24) is 0 Å². The maximum atomic E-state index is 10.9. The van der Waals surface area contributed by atoms with Crippen molar-refractivity contribution < 1.29 is 8.42 Å². The molecule has 4 heteroatoms. The molecule has 1 saturated carbocycles. The molecule has 0 aliphatic heterocycles. The Labute approximate surface area is 85.6 Å². The predicted octanol–water partition coefficient (Wildman–Crippen LogP) is 2.22. The van der Waals surface area contributed by atoms with Gasteiger partial charge >= 0.3 is 0 Å². The van der Waals surface area contributed by atoms with Crippen LogP contribution in [0.25, 0.3) is 0 Å². The molecule has 2 atom stereocenters. The molecule has 1 aliphatic rings. The predicted molar refractivity (Wildman–Crippen MR) is 55.9 cm³/mol. The summed E-state index contributed by atoms with van der Waals surface area (Å²) in [4.78, 5) is 0. The number of halogens is 1.